The Morgan fingerprint density at radius 3 is 3.00 bits per heavy atom. The van der Waals surface area contributed by atoms with Gasteiger partial charge in [0.25, 0.3) is 0 Å². The number of pyridine rings is 1. The highest BCUT2D eigenvalue weighted by molar-refractivity contribution is 5.93. The minimum Gasteiger partial charge on any atom is -0.320 e. The fourth-order valence-electron chi connectivity index (χ4n) is 0.841. The molecule has 4 heteroatoms. The first-order valence-corrected chi connectivity index (χ1v) is 4.21. The van der Waals surface area contributed by atoms with Crippen LogP contribution in [-0.2, 0) is 4.79 Å². The lowest BCUT2D eigenvalue weighted by Gasteiger charge is -2.08. The Morgan fingerprint density at radius 1 is 1.69 bits per heavy atom. The van der Waals surface area contributed by atoms with E-state index < -0.39 is 6.04 Å². The molecule has 1 aromatic heterocycles. The average molecular weight is 179 g/mol. The van der Waals surface area contributed by atoms with Crippen LogP contribution in [0.3, 0.4) is 0 Å². The number of hydrogen-bond acceptors (Lipinski definition) is 3. The molecule has 70 valence electrons. The molecule has 0 aliphatic heterocycles. The SMILES string of the molecule is CCC(N)C(=O)Nc1ccccn1. The average Bonchev–Trinajstić information content (AvgIpc) is 2.18. The topological polar surface area (TPSA) is 68.0 Å². The summed E-state index contributed by atoms with van der Waals surface area (Å²) in [5, 5.41) is 2.62. The molecule has 0 aliphatic carbocycles. The minimum atomic E-state index is -0.456. The number of nitrogens with one attached hydrogen (secondary N) is 1. The van der Waals surface area contributed by atoms with Gasteiger partial charge in [-0.3, -0.25) is 4.79 Å². The summed E-state index contributed by atoms with van der Waals surface area (Å²) >= 11 is 0. The van der Waals surface area contributed by atoms with E-state index in [1.165, 1.54) is 0 Å². The fraction of sp³-hybridized carbons (Fsp3) is 0.333. The maximum Gasteiger partial charge on any atom is 0.242 e. The van der Waals surface area contributed by atoms with E-state index in [2.05, 4.69) is 10.3 Å². The Balaban J connectivity index is 2.55. The number of nitrogens with zero attached hydrogens (tertiary/aromatic N) is 1. The summed E-state index contributed by atoms with van der Waals surface area (Å²) < 4.78 is 0. The fourth-order valence-corrected chi connectivity index (χ4v) is 0.841. The Hall–Kier alpha value is -1.42. The number of amides is 1. The van der Waals surface area contributed by atoms with Gasteiger partial charge in [-0.1, -0.05) is 13.0 Å². The van der Waals surface area contributed by atoms with Crippen molar-refractivity contribution in [2.24, 2.45) is 5.73 Å². The molecule has 0 spiro atoms. The summed E-state index contributed by atoms with van der Waals surface area (Å²) in [5.41, 5.74) is 5.52. The molecule has 0 saturated carbocycles. The van der Waals surface area contributed by atoms with Gasteiger partial charge >= 0.3 is 0 Å². The summed E-state index contributed by atoms with van der Waals surface area (Å²) in [6.45, 7) is 1.86. The Bertz CT molecular complexity index is 273. The minimum absolute atomic E-state index is 0.193. The van der Waals surface area contributed by atoms with E-state index in [4.69, 9.17) is 5.73 Å². The zero-order valence-electron chi connectivity index (χ0n) is 7.53. The number of hydrogen-bond donors (Lipinski definition) is 2. The first-order valence-electron chi connectivity index (χ1n) is 4.21. The highest BCUT2D eigenvalue weighted by Crippen LogP contribution is 2.00. The van der Waals surface area contributed by atoms with Crippen LogP contribution in [-0.4, -0.2) is 16.9 Å². The van der Waals surface area contributed by atoms with Gasteiger partial charge in [-0.05, 0) is 18.6 Å². The van der Waals surface area contributed by atoms with Crippen molar-refractivity contribution < 1.29 is 4.79 Å². The molecule has 0 radical (unpaired) electrons. The van der Waals surface area contributed by atoms with Crippen molar-refractivity contribution >= 4 is 11.7 Å². The molecule has 3 N–H and O–H groups in total. The van der Waals surface area contributed by atoms with Gasteiger partial charge in [0, 0.05) is 6.20 Å². The molecular weight excluding hydrogens is 166 g/mol. The van der Waals surface area contributed by atoms with Crippen LogP contribution in [0.15, 0.2) is 24.4 Å². The van der Waals surface area contributed by atoms with Gasteiger partial charge in [0.1, 0.15) is 5.82 Å². The number of carbonyl (C=O) groups is 1. The maximum atomic E-state index is 11.3. The molecule has 1 aromatic rings. The van der Waals surface area contributed by atoms with Gasteiger partial charge in [-0.15, -0.1) is 0 Å². The largest absolute Gasteiger partial charge is 0.320 e. The third-order valence-corrected chi connectivity index (χ3v) is 1.69. The van der Waals surface area contributed by atoms with Crippen LogP contribution in [0, 0.1) is 0 Å². The zero-order chi connectivity index (χ0) is 9.68. The molecule has 0 saturated heterocycles. The van der Waals surface area contributed by atoms with Crippen LogP contribution < -0.4 is 11.1 Å². The zero-order valence-corrected chi connectivity index (χ0v) is 7.53. The van der Waals surface area contributed by atoms with Crippen LogP contribution in [0.1, 0.15) is 13.3 Å². The van der Waals surface area contributed by atoms with Gasteiger partial charge < -0.3 is 11.1 Å². The van der Waals surface area contributed by atoms with Gasteiger partial charge in [-0.25, -0.2) is 4.98 Å². The van der Waals surface area contributed by atoms with Gasteiger partial charge in [0.15, 0.2) is 0 Å². The third-order valence-electron chi connectivity index (χ3n) is 1.69. The predicted octanol–water partition coefficient (Wildman–Crippen LogP) is 0.757. The van der Waals surface area contributed by atoms with Crippen LogP contribution in [0.5, 0.6) is 0 Å². The smallest absolute Gasteiger partial charge is 0.242 e. The molecule has 4 nitrogen and oxygen atoms in total. The number of rotatable bonds is 3. The van der Waals surface area contributed by atoms with E-state index in [0.717, 1.165) is 0 Å². The van der Waals surface area contributed by atoms with Crippen molar-refractivity contribution in [3.8, 4) is 0 Å². The molecule has 13 heavy (non-hydrogen) atoms. The summed E-state index contributed by atoms with van der Waals surface area (Å²) in [7, 11) is 0. The van der Waals surface area contributed by atoms with Crippen molar-refractivity contribution in [2.75, 3.05) is 5.32 Å². The van der Waals surface area contributed by atoms with Crippen molar-refractivity contribution in [2.45, 2.75) is 19.4 Å². The van der Waals surface area contributed by atoms with Gasteiger partial charge in [0.2, 0.25) is 5.91 Å². The molecule has 0 bridgehead atoms. The Morgan fingerprint density at radius 2 is 2.46 bits per heavy atom. The van der Waals surface area contributed by atoms with Gasteiger partial charge in [-0.2, -0.15) is 0 Å². The lowest BCUT2D eigenvalue weighted by atomic mass is 10.2. The molecule has 1 atom stereocenters. The van der Waals surface area contributed by atoms with E-state index in [1.54, 1.807) is 24.4 Å². The summed E-state index contributed by atoms with van der Waals surface area (Å²) in [4.78, 5) is 15.2. The van der Waals surface area contributed by atoms with Crippen molar-refractivity contribution in [3.05, 3.63) is 24.4 Å². The second kappa shape index (κ2) is 4.57. The third kappa shape index (κ3) is 2.83. The summed E-state index contributed by atoms with van der Waals surface area (Å²) in [6.07, 6.45) is 2.24. The van der Waals surface area contributed by atoms with Crippen LogP contribution in [0.25, 0.3) is 0 Å². The summed E-state index contributed by atoms with van der Waals surface area (Å²) in [5.74, 6) is 0.345. The van der Waals surface area contributed by atoms with Crippen LogP contribution in [0.4, 0.5) is 5.82 Å². The number of anilines is 1. The number of carbonyl (C=O) groups excluding carboxylic acids is 1. The van der Waals surface area contributed by atoms with Crippen molar-refractivity contribution in [1.29, 1.82) is 0 Å². The molecule has 0 aliphatic rings. The van der Waals surface area contributed by atoms with E-state index >= 15 is 0 Å². The number of aromatic nitrogens is 1. The monoisotopic (exact) mass is 179 g/mol. The predicted molar refractivity (Wildman–Crippen MR) is 51.1 cm³/mol. The van der Waals surface area contributed by atoms with Crippen molar-refractivity contribution in [3.63, 3.8) is 0 Å². The quantitative estimate of drug-likeness (QED) is 0.719. The Kier molecular flexibility index (Phi) is 3.40. The van der Waals surface area contributed by atoms with Crippen molar-refractivity contribution in [1.82, 2.24) is 4.98 Å². The van der Waals surface area contributed by atoms with E-state index in [0.29, 0.717) is 12.2 Å². The summed E-state index contributed by atoms with van der Waals surface area (Å²) in [6, 6.07) is 4.86. The normalized spacial score (nSPS) is 12.2. The number of nitrogens with two attached hydrogens (primary N) is 1. The lowest BCUT2D eigenvalue weighted by Crippen LogP contribution is -2.35. The molecule has 1 unspecified atom stereocenters. The van der Waals surface area contributed by atoms with Crippen LogP contribution in [0.2, 0.25) is 0 Å². The first kappa shape index (κ1) is 9.67. The highest BCUT2D eigenvalue weighted by atomic mass is 16.2. The standard InChI is InChI=1S/C9H13N3O/c1-2-7(10)9(13)12-8-5-3-4-6-11-8/h3-7H,2,10H2,1H3,(H,11,12,13). The maximum absolute atomic E-state index is 11.3. The Labute approximate surface area is 77.2 Å². The van der Waals surface area contributed by atoms with E-state index in [-0.39, 0.29) is 5.91 Å². The first-order chi connectivity index (χ1) is 6.24. The lowest BCUT2D eigenvalue weighted by molar-refractivity contribution is -0.117. The molecule has 1 rings (SSSR count). The van der Waals surface area contributed by atoms with E-state index in [1.807, 2.05) is 6.92 Å². The highest BCUT2D eigenvalue weighted by Gasteiger charge is 2.10. The molecule has 1 amide bonds. The van der Waals surface area contributed by atoms with Gasteiger partial charge in [0.05, 0.1) is 6.04 Å². The molecule has 1 heterocycles. The molecular formula is C9H13N3O. The molecule has 0 fully saturated rings. The second-order valence-electron chi connectivity index (χ2n) is 2.72. The molecule has 0 aromatic carbocycles. The van der Waals surface area contributed by atoms with E-state index in [9.17, 15) is 4.79 Å². The second-order valence-corrected chi connectivity index (χ2v) is 2.72. The van der Waals surface area contributed by atoms with Crippen LogP contribution >= 0.6 is 0 Å².